The van der Waals surface area contributed by atoms with Crippen LogP contribution in [0.4, 0.5) is 0 Å². The standard InChI is InChI=1S/C12H13ClN2O2/c1-15-12(16)3-2-6-17-10-5-4-9(8-14)11(13)7-10/h4-5,7H,2-3,6H2,1H3,(H,15,16). The molecule has 1 rings (SSSR count). The molecule has 0 atom stereocenters. The first-order valence-electron chi connectivity index (χ1n) is 5.20. The lowest BCUT2D eigenvalue weighted by Gasteiger charge is -2.06. The van der Waals surface area contributed by atoms with Crippen LogP contribution in [0.3, 0.4) is 0 Å². The van der Waals surface area contributed by atoms with E-state index in [0.717, 1.165) is 0 Å². The quantitative estimate of drug-likeness (QED) is 0.817. The van der Waals surface area contributed by atoms with Gasteiger partial charge in [0.25, 0.3) is 0 Å². The lowest BCUT2D eigenvalue weighted by molar-refractivity contribution is -0.120. The molecule has 1 N–H and O–H groups in total. The first kappa shape index (κ1) is 13.3. The Hall–Kier alpha value is -1.73. The van der Waals surface area contributed by atoms with Crippen LogP contribution in [-0.4, -0.2) is 19.6 Å². The van der Waals surface area contributed by atoms with Gasteiger partial charge in [0, 0.05) is 19.5 Å². The normalized spacial score (nSPS) is 9.47. The maximum absolute atomic E-state index is 10.9. The summed E-state index contributed by atoms with van der Waals surface area (Å²) in [6.07, 6.45) is 1.07. The molecule has 5 heteroatoms. The van der Waals surface area contributed by atoms with Gasteiger partial charge in [-0.3, -0.25) is 4.79 Å². The highest BCUT2D eigenvalue weighted by Crippen LogP contribution is 2.21. The molecule has 90 valence electrons. The maximum Gasteiger partial charge on any atom is 0.219 e. The minimum atomic E-state index is -0.00791. The molecule has 0 radical (unpaired) electrons. The third kappa shape index (κ3) is 4.33. The Balaban J connectivity index is 2.40. The Bertz CT molecular complexity index is 441. The predicted octanol–water partition coefficient (Wildman–Crippen LogP) is 2.12. The number of carbonyl (C=O) groups is 1. The van der Waals surface area contributed by atoms with E-state index >= 15 is 0 Å². The smallest absolute Gasteiger partial charge is 0.219 e. The van der Waals surface area contributed by atoms with E-state index in [0.29, 0.717) is 35.8 Å². The summed E-state index contributed by atoms with van der Waals surface area (Å²) in [6, 6.07) is 6.86. The van der Waals surface area contributed by atoms with Crippen molar-refractivity contribution in [3.05, 3.63) is 28.8 Å². The van der Waals surface area contributed by atoms with Crippen LogP contribution >= 0.6 is 11.6 Å². The fourth-order valence-electron chi connectivity index (χ4n) is 1.22. The van der Waals surface area contributed by atoms with Crippen molar-refractivity contribution in [1.29, 1.82) is 5.26 Å². The van der Waals surface area contributed by atoms with E-state index < -0.39 is 0 Å². The van der Waals surface area contributed by atoms with Gasteiger partial charge in [-0.1, -0.05) is 11.6 Å². The van der Waals surface area contributed by atoms with Crippen molar-refractivity contribution in [2.45, 2.75) is 12.8 Å². The molecular weight excluding hydrogens is 240 g/mol. The number of amides is 1. The molecule has 0 saturated heterocycles. The van der Waals surface area contributed by atoms with Gasteiger partial charge in [0.1, 0.15) is 11.8 Å². The molecule has 0 heterocycles. The molecule has 4 nitrogen and oxygen atoms in total. The first-order valence-corrected chi connectivity index (χ1v) is 5.58. The van der Waals surface area contributed by atoms with Crippen LogP contribution < -0.4 is 10.1 Å². The fraction of sp³-hybridized carbons (Fsp3) is 0.333. The van der Waals surface area contributed by atoms with Crippen molar-refractivity contribution in [3.8, 4) is 11.8 Å². The second-order valence-electron chi connectivity index (χ2n) is 3.38. The number of hydrogen-bond donors (Lipinski definition) is 1. The largest absolute Gasteiger partial charge is 0.494 e. The zero-order valence-corrected chi connectivity index (χ0v) is 10.3. The molecule has 1 aromatic carbocycles. The number of halogens is 1. The summed E-state index contributed by atoms with van der Waals surface area (Å²) in [5.41, 5.74) is 0.421. The lowest BCUT2D eigenvalue weighted by Crippen LogP contribution is -2.18. The van der Waals surface area contributed by atoms with Crippen molar-refractivity contribution in [1.82, 2.24) is 5.32 Å². The van der Waals surface area contributed by atoms with Crippen LogP contribution in [0.25, 0.3) is 0 Å². The number of benzene rings is 1. The van der Waals surface area contributed by atoms with Crippen molar-refractivity contribution in [2.75, 3.05) is 13.7 Å². The third-order valence-corrected chi connectivity index (χ3v) is 2.47. The molecule has 1 aromatic rings. The minimum Gasteiger partial charge on any atom is -0.494 e. The summed E-state index contributed by atoms with van der Waals surface area (Å²) in [7, 11) is 1.60. The molecule has 1 amide bonds. The molecule has 17 heavy (non-hydrogen) atoms. The number of ether oxygens (including phenoxy) is 1. The molecule has 0 saturated carbocycles. The molecule has 0 spiro atoms. The van der Waals surface area contributed by atoms with Gasteiger partial charge in [-0.15, -0.1) is 0 Å². The predicted molar refractivity (Wildman–Crippen MR) is 65.0 cm³/mol. The molecule has 0 aliphatic rings. The zero-order chi connectivity index (χ0) is 12.7. The van der Waals surface area contributed by atoms with Crippen LogP contribution in [0.2, 0.25) is 5.02 Å². The summed E-state index contributed by atoms with van der Waals surface area (Å²) in [5.74, 6) is 0.595. The van der Waals surface area contributed by atoms with Crippen molar-refractivity contribution in [3.63, 3.8) is 0 Å². The van der Waals surface area contributed by atoms with E-state index in [2.05, 4.69) is 5.32 Å². The lowest BCUT2D eigenvalue weighted by atomic mass is 10.2. The molecule has 0 fully saturated rings. The van der Waals surface area contributed by atoms with Crippen molar-refractivity contribution >= 4 is 17.5 Å². The van der Waals surface area contributed by atoms with Gasteiger partial charge in [-0.2, -0.15) is 5.26 Å². The van der Waals surface area contributed by atoms with E-state index in [1.54, 1.807) is 25.2 Å². The van der Waals surface area contributed by atoms with Gasteiger partial charge in [-0.25, -0.2) is 0 Å². The van der Waals surface area contributed by atoms with E-state index in [1.165, 1.54) is 0 Å². The third-order valence-electron chi connectivity index (χ3n) is 2.16. The van der Waals surface area contributed by atoms with Gasteiger partial charge >= 0.3 is 0 Å². The number of rotatable bonds is 5. The number of nitriles is 1. The highest BCUT2D eigenvalue weighted by molar-refractivity contribution is 6.31. The fourth-order valence-corrected chi connectivity index (χ4v) is 1.44. The van der Waals surface area contributed by atoms with Crippen LogP contribution in [0.1, 0.15) is 18.4 Å². The molecule has 0 aliphatic heterocycles. The van der Waals surface area contributed by atoms with Gasteiger partial charge in [0.05, 0.1) is 17.2 Å². The van der Waals surface area contributed by atoms with Crippen LogP contribution in [0.15, 0.2) is 18.2 Å². The van der Waals surface area contributed by atoms with Gasteiger partial charge in [0.15, 0.2) is 0 Å². The Morgan fingerprint density at radius 1 is 1.59 bits per heavy atom. The minimum absolute atomic E-state index is 0.00791. The second kappa shape index (κ2) is 6.77. The Kier molecular flexibility index (Phi) is 5.31. The van der Waals surface area contributed by atoms with E-state index in [9.17, 15) is 4.79 Å². The number of nitrogens with one attached hydrogen (secondary N) is 1. The Morgan fingerprint density at radius 2 is 2.35 bits per heavy atom. The summed E-state index contributed by atoms with van der Waals surface area (Å²) in [4.78, 5) is 10.9. The number of hydrogen-bond acceptors (Lipinski definition) is 3. The molecule has 0 unspecified atom stereocenters. The highest BCUT2D eigenvalue weighted by atomic mass is 35.5. The zero-order valence-electron chi connectivity index (χ0n) is 9.50. The summed E-state index contributed by atoms with van der Waals surface area (Å²) in [5, 5.41) is 11.6. The van der Waals surface area contributed by atoms with Crippen molar-refractivity contribution < 1.29 is 9.53 Å². The average Bonchev–Trinajstić information content (AvgIpc) is 2.34. The van der Waals surface area contributed by atoms with Gasteiger partial charge in [0.2, 0.25) is 5.91 Å². The number of carbonyl (C=O) groups excluding carboxylic acids is 1. The molecular formula is C12H13ClN2O2. The van der Waals surface area contributed by atoms with Crippen molar-refractivity contribution in [2.24, 2.45) is 0 Å². The Morgan fingerprint density at radius 3 is 2.94 bits per heavy atom. The Labute approximate surface area is 105 Å². The molecule has 0 bridgehead atoms. The highest BCUT2D eigenvalue weighted by Gasteiger charge is 2.02. The molecule has 0 aromatic heterocycles. The monoisotopic (exact) mass is 252 g/mol. The maximum atomic E-state index is 10.9. The van der Waals surface area contributed by atoms with E-state index in [-0.39, 0.29) is 5.91 Å². The number of nitrogens with zero attached hydrogens (tertiary/aromatic N) is 1. The summed E-state index contributed by atoms with van der Waals surface area (Å²) < 4.78 is 5.41. The average molecular weight is 253 g/mol. The topological polar surface area (TPSA) is 62.1 Å². The van der Waals surface area contributed by atoms with Crippen LogP contribution in [-0.2, 0) is 4.79 Å². The van der Waals surface area contributed by atoms with E-state index in [1.807, 2.05) is 6.07 Å². The first-order chi connectivity index (χ1) is 8.17. The van der Waals surface area contributed by atoms with Crippen LogP contribution in [0, 0.1) is 11.3 Å². The SMILES string of the molecule is CNC(=O)CCCOc1ccc(C#N)c(Cl)c1. The molecule has 0 aliphatic carbocycles. The summed E-state index contributed by atoms with van der Waals surface area (Å²) in [6.45, 7) is 0.440. The van der Waals surface area contributed by atoms with Gasteiger partial charge in [-0.05, 0) is 18.6 Å². The second-order valence-corrected chi connectivity index (χ2v) is 3.79. The summed E-state index contributed by atoms with van der Waals surface area (Å²) >= 11 is 5.85. The van der Waals surface area contributed by atoms with Crippen LogP contribution in [0.5, 0.6) is 5.75 Å². The van der Waals surface area contributed by atoms with Gasteiger partial charge < -0.3 is 10.1 Å². The van der Waals surface area contributed by atoms with E-state index in [4.69, 9.17) is 21.6 Å².